The SMILES string of the molecule is COc1ccc(C=C2C=C(c3ccccc3)N(c3ccc(Cl)c(C(=O)O)c3)C2=O)cc1. The predicted octanol–water partition coefficient (Wildman–Crippen LogP) is 5.52. The summed E-state index contributed by atoms with van der Waals surface area (Å²) in [6, 6.07) is 21.4. The largest absolute Gasteiger partial charge is 0.497 e. The number of ether oxygens (including phenoxy) is 1. The molecule has 0 unspecified atom stereocenters. The molecule has 0 aromatic heterocycles. The van der Waals surface area contributed by atoms with Crippen LogP contribution in [0.1, 0.15) is 21.5 Å². The number of methoxy groups -OCH3 is 1. The van der Waals surface area contributed by atoms with Crippen molar-refractivity contribution in [2.24, 2.45) is 0 Å². The van der Waals surface area contributed by atoms with Crippen LogP contribution in [0.3, 0.4) is 0 Å². The number of aromatic carboxylic acids is 1. The molecule has 0 fully saturated rings. The number of carboxylic acids is 1. The molecule has 1 heterocycles. The number of nitrogens with zero attached hydrogens (tertiary/aromatic N) is 1. The van der Waals surface area contributed by atoms with Crippen LogP contribution in [0.15, 0.2) is 84.4 Å². The Labute approximate surface area is 184 Å². The number of hydrogen-bond acceptors (Lipinski definition) is 3. The lowest BCUT2D eigenvalue weighted by molar-refractivity contribution is -0.113. The van der Waals surface area contributed by atoms with Crippen molar-refractivity contribution < 1.29 is 19.4 Å². The molecule has 154 valence electrons. The van der Waals surface area contributed by atoms with Crippen LogP contribution in [-0.2, 0) is 4.79 Å². The summed E-state index contributed by atoms with van der Waals surface area (Å²) in [4.78, 5) is 26.4. The molecule has 0 saturated heterocycles. The Morgan fingerprint density at radius 3 is 2.39 bits per heavy atom. The van der Waals surface area contributed by atoms with E-state index >= 15 is 0 Å². The normalized spacial score (nSPS) is 14.6. The van der Waals surface area contributed by atoms with Crippen LogP contribution in [0.25, 0.3) is 11.8 Å². The summed E-state index contributed by atoms with van der Waals surface area (Å²) in [5.41, 5.74) is 3.18. The second kappa shape index (κ2) is 8.50. The van der Waals surface area contributed by atoms with Gasteiger partial charge in [0.15, 0.2) is 0 Å². The molecule has 3 aromatic rings. The van der Waals surface area contributed by atoms with E-state index in [1.807, 2.05) is 54.6 Å². The van der Waals surface area contributed by atoms with Crippen LogP contribution >= 0.6 is 11.6 Å². The standard InChI is InChI=1S/C25H18ClNO4/c1-31-20-10-7-16(8-11-20)13-18-14-23(17-5-3-2-4-6-17)27(24(18)28)19-9-12-22(26)21(15-19)25(29)30/h2-15H,1H3,(H,29,30). The highest BCUT2D eigenvalue weighted by Crippen LogP contribution is 2.36. The van der Waals surface area contributed by atoms with Gasteiger partial charge in [-0.1, -0.05) is 54.1 Å². The fourth-order valence-electron chi connectivity index (χ4n) is 3.39. The highest BCUT2D eigenvalue weighted by Gasteiger charge is 2.31. The molecule has 0 aliphatic carbocycles. The number of carbonyl (C=O) groups excluding carboxylic acids is 1. The Balaban J connectivity index is 1.81. The smallest absolute Gasteiger partial charge is 0.337 e. The average Bonchev–Trinajstić information content (AvgIpc) is 3.11. The molecule has 0 saturated carbocycles. The lowest BCUT2D eigenvalue weighted by Crippen LogP contribution is -2.25. The van der Waals surface area contributed by atoms with Crippen LogP contribution in [0, 0.1) is 0 Å². The Morgan fingerprint density at radius 1 is 1.03 bits per heavy atom. The van der Waals surface area contributed by atoms with E-state index < -0.39 is 5.97 Å². The van der Waals surface area contributed by atoms with E-state index in [9.17, 15) is 14.7 Å². The van der Waals surface area contributed by atoms with Gasteiger partial charge in [0.1, 0.15) is 5.75 Å². The minimum Gasteiger partial charge on any atom is -0.497 e. The summed E-state index contributed by atoms with van der Waals surface area (Å²) in [7, 11) is 1.60. The van der Waals surface area contributed by atoms with Gasteiger partial charge in [-0.15, -0.1) is 0 Å². The first-order chi connectivity index (χ1) is 15.0. The third-order valence-electron chi connectivity index (χ3n) is 4.93. The van der Waals surface area contributed by atoms with Crippen molar-refractivity contribution in [3.63, 3.8) is 0 Å². The van der Waals surface area contributed by atoms with Gasteiger partial charge in [-0.3, -0.25) is 9.69 Å². The van der Waals surface area contributed by atoms with Gasteiger partial charge in [-0.25, -0.2) is 4.79 Å². The zero-order valence-electron chi connectivity index (χ0n) is 16.6. The van der Waals surface area contributed by atoms with Crippen molar-refractivity contribution in [2.75, 3.05) is 12.0 Å². The molecule has 1 amide bonds. The maximum atomic E-state index is 13.4. The molecule has 1 N–H and O–H groups in total. The van der Waals surface area contributed by atoms with Crippen molar-refractivity contribution >= 4 is 40.9 Å². The van der Waals surface area contributed by atoms with Gasteiger partial charge < -0.3 is 9.84 Å². The fraction of sp³-hybridized carbons (Fsp3) is 0.0400. The summed E-state index contributed by atoms with van der Waals surface area (Å²) in [6.07, 6.45) is 3.59. The zero-order chi connectivity index (χ0) is 22.0. The summed E-state index contributed by atoms with van der Waals surface area (Å²) in [6.45, 7) is 0. The van der Waals surface area contributed by atoms with E-state index in [0.29, 0.717) is 17.0 Å². The van der Waals surface area contributed by atoms with Crippen molar-refractivity contribution in [3.05, 3.63) is 106 Å². The summed E-state index contributed by atoms with van der Waals surface area (Å²) in [5.74, 6) is -0.685. The molecule has 0 bridgehead atoms. The van der Waals surface area contributed by atoms with E-state index in [1.165, 1.54) is 17.0 Å². The number of carboxylic acid groups (broad SMARTS) is 1. The monoisotopic (exact) mass is 431 g/mol. The van der Waals surface area contributed by atoms with E-state index in [1.54, 1.807) is 25.3 Å². The van der Waals surface area contributed by atoms with Crippen LogP contribution in [0.4, 0.5) is 5.69 Å². The van der Waals surface area contributed by atoms with Crippen LogP contribution in [0.2, 0.25) is 5.02 Å². The highest BCUT2D eigenvalue weighted by atomic mass is 35.5. The van der Waals surface area contributed by atoms with Gasteiger partial charge in [-0.05, 0) is 53.6 Å². The number of rotatable bonds is 5. The lowest BCUT2D eigenvalue weighted by atomic mass is 10.1. The van der Waals surface area contributed by atoms with Crippen LogP contribution in [0.5, 0.6) is 5.75 Å². The highest BCUT2D eigenvalue weighted by molar-refractivity contribution is 6.34. The van der Waals surface area contributed by atoms with E-state index in [0.717, 1.165) is 16.9 Å². The Kier molecular flexibility index (Phi) is 5.60. The minimum absolute atomic E-state index is 0.0630. The van der Waals surface area contributed by atoms with Crippen molar-refractivity contribution in [2.45, 2.75) is 0 Å². The topological polar surface area (TPSA) is 66.8 Å². The molecule has 0 atom stereocenters. The first-order valence-corrected chi connectivity index (χ1v) is 9.86. The fourth-order valence-corrected chi connectivity index (χ4v) is 3.59. The van der Waals surface area contributed by atoms with Gasteiger partial charge in [0.25, 0.3) is 5.91 Å². The Hall–Kier alpha value is -3.83. The summed E-state index contributed by atoms with van der Waals surface area (Å²) < 4.78 is 5.18. The maximum Gasteiger partial charge on any atom is 0.337 e. The first-order valence-electron chi connectivity index (χ1n) is 9.48. The molecule has 4 rings (SSSR count). The van der Waals surface area contributed by atoms with E-state index in [4.69, 9.17) is 16.3 Å². The number of benzene rings is 3. The van der Waals surface area contributed by atoms with Gasteiger partial charge in [0, 0.05) is 5.57 Å². The quantitative estimate of drug-likeness (QED) is 0.540. The molecule has 1 aliphatic heterocycles. The molecule has 0 radical (unpaired) electrons. The van der Waals surface area contributed by atoms with Crippen LogP contribution in [-0.4, -0.2) is 24.1 Å². The van der Waals surface area contributed by atoms with Gasteiger partial charge in [-0.2, -0.15) is 0 Å². The second-order valence-electron chi connectivity index (χ2n) is 6.88. The minimum atomic E-state index is -1.15. The zero-order valence-corrected chi connectivity index (χ0v) is 17.3. The van der Waals surface area contributed by atoms with Gasteiger partial charge in [0.05, 0.1) is 29.1 Å². The van der Waals surface area contributed by atoms with E-state index in [2.05, 4.69) is 0 Å². The second-order valence-corrected chi connectivity index (χ2v) is 7.29. The number of halogens is 1. The van der Waals surface area contributed by atoms with Gasteiger partial charge >= 0.3 is 5.97 Å². The molecule has 1 aliphatic rings. The predicted molar refractivity (Wildman–Crippen MR) is 121 cm³/mol. The third-order valence-corrected chi connectivity index (χ3v) is 5.26. The molecule has 31 heavy (non-hydrogen) atoms. The Morgan fingerprint density at radius 2 is 1.74 bits per heavy atom. The molecule has 6 heteroatoms. The molecule has 0 spiro atoms. The molecular formula is C25H18ClNO4. The molecule has 5 nitrogen and oxygen atoms in total. The van der Waals surface area contributed by atoms with Gasteiger partial charge in [0.2, 0.25) is 0 Å². The first kappa shape index (κ1) is 20.4. The Bertz CT molecular complexity index is 1210. The number of hydrogen-bond donors (Lipinski definition) is 1. The average molecular weight is 432 g/mol. The maximum absolute atomic E-state index is 13.4. The summed E-state index contributed by atoms with van der Waals surface area (Å²) >= 11 is 6.03. The number of amides is 1. The summed E-state index contributed by atoms with van der Waals surface area (Å²) in [5, 5.41) is 9.56. The number of anilines is 1. The van der Waals surface area contributed by atoms with Crippen molar-refractivity contribution in [1.82, 2.24) is 0 Å². The number of carbonyl (C=O) groups is 2. The third kappa shape index (κ3) is 4.09. The van der Waals surface area contributed by atoms with E-state index in [-0.39, 0.29) is 16.5 Å². The lowest BCUT2D eigenvalue weighted by Gasteiger charge is -2.21. The van der Waals surface area contributed by atoms with Crippen molar-refractivity contribution in [1.29, 1.82) is 0 Å². The molecule has 3 aromatic carbocycles. The van der Waals surface area contributed by atoms with Crippen LogP contribution < -0.4 is 9.64 Å². The van der Waals surface area contributed by atoms with Crippen molar-refractivity contribution in [3.8, 4) is 5.75 Å². The molecular weight excluding hydrogens is 414 g/mol.